The van der Waals surface area contributed by atoms with Crippen molar-refractivity contribution in [3.05, 3.63) is 215 Å². The Hall–Kier alpha value is -10.7. The second-order valence-electron chi connectivity index (χ2n) is 22.7. The van der Waals surface area contributed by atoms with Crippen molar-refractivity contribution in [2.45, 2.75) is 86.8 Å². The third-order valence-electron chi connectivity index (χ3n) is 12.3. The Morgan fingerprint density at radius 2 is 0.806 bits per heavy atom. The molecule has 0 aliphatic heterocycles. The first-order chi connectivity index (χ1) is 59.3. The van der Waals surface area contributed by atoms with Gasteiger partial charge in [0.15, 0.2) is 28.8 Å². The van der Waals surface area contributed by atoms with Crippen LogP contribution in [0.1, 0.15) is 168 Å². The van der Waals surface area contributed by atoms with E-state index in [1.54, 1.807) is 166 Å². The van der Waals surface area contributed by atoms with Crippen LogP contribution in [0.3, 0.4) is 0 Å². The SMILES string of the molecule is CC(=O)c1cccc(C(=O)N(C)C)n1.CC(=O)c1ccccn1.CCO.CCOC(=O)C(F)(F)F.CCOC(=O)CC(=O)c1ccccn1.CCOC(=O)c1ccccn1.CCOC(C)=O.CN(C)C(=O)c1cccc(-c2cc(C(F)(F)F)nn2C)n1.CN(C)C(=O)c1cccc(C(=O)CC(=O)C(F)(F)F)n1.CNN.C[O-].C[O-].O=C(O)c1ccccn1.O=S(Cl)Cl.[Na+].[Na+]. The number of halogens is 11. The Morgan fingerprint density at radius 1 is 0.481 bits per heavy atom. The number of carbonyl (C=O) groups excluding carboxylic acids is 12. The molecule has 5 N–H and O–H groups in total. The number of pyridine rings is 7. The van der Waals surface area contributed by atoms with Crippen LogP contribution in [0.4, 0.5) is 39.5 Å². The molecule has 0 atom stereocenters. The number of aromatic carboxylic acids is 1. The summed E-state index contributed by atoms with van der Waals surface area (Å²) in [6.07, 6.45) is -9.87. The van der Waals surface area contributed by atoms with Crippen molar-refractivity contribution >= 4 is 107 Å². The number of rotatable bonds is 18. The van der Waals surface area contributed by atoms with Crippen molar-refractivity contribution < 1.29 is 205 Å². The van der Waals surface area contributed by atoms with Crippen LogP contribution in [-0.4, -0.2) is 259 Å². The van der Waals surface area contributed by atoms with Crippen molar-refractivity contribution in [3.63, 3.8) is 0 Å². The van der Waals surface area contributed by atoms with Crippen LogP contribution in [0.5, 0.6) is 0 Å². The van der Waals surface area contributed by atoms with Gasteiger partial charge in [-0.3, -0.25) is 73.9 Å². The van der Waals surface area contributed by atoms with Crippen molar-refractivity contribution in [3.8, 4) is 11.4 Å². The second-order valence-corrected chi connectivity index (χ2v) is 25.2. The fourth-order valence-electron chi connectivity index (χ4n) is 7.15. The fraction of sp³-hybridized carbons (Fsp3) is 0.354. The van der Waals surface area contributed by atoms with Crippen LogP contribution in [0.25, 0.3) is 11.4 Å². The molecule has 0 saturated carbocycles. The molecule has 0 unspecified atom stereocenters. The summed E-state index contributed by atoms with van der Waals surface area (Å²) in [6, 6.07) is 34.3. The zero-order valence-electron chi connectivity index (χ0n) is 74.0. The molecule has 702 valence electrons. The number of amides is 3. The number of nitrogens with one attached hydrogen (secondary N) is 1. The number of nitrogens with zero attached hydrogens (tertiary/aromatic N) is 12. The van der Waals surface area contributed by atoms with Crippen LogP contribution in [0.2, 0.25) is 0 Å². The number of nitrogens with two attached hydrogens (primary N) is 1. The molecule has 8 heterocycles. The number of hydrogen-bond acceptors (Lipinski definition) is 31. The largest absolute Gasteiger partial charge is 1.00 e. The number of aliphatic hydroxyl groups is 1. The molecule has 0 spiro atoms. The third-order valence-corrected chi connectivity index (χ3v) is 12.3. The maximum absolute atomic E-state index is 12.7. The zero-order chi connectivity index (χ0) is 99.3. The Morgan fingerprint density at radius 3 is 1.09 bits per heavy atom. The first-order valence-electron chi connectivity index (χ1n) is 35.8. The van der Waals surface area contributed by atoms with E-state index in [0.717, 1.165) is 31.0 Å². The van der Waals surface area contributed by atoms with E-state index >= 15 is 0 Å². The number of aliphatic hydroxyl groups excluding tert-OH is 1. The van der Waals surface area contributed by atoms with Gasteiger partial charge in [-0.15, -0.1) is 0 Å². The smallest absolute Gasteiger partial charge is 0.857 e. The maximum Gasteiger partial charge on any atom is 1.00 e. The summed E-state index contributed by atoms with van der Waals surface area (Å²) >= 11 is 0. The number of alkyl halides is 9. The molecule has 0 bridgehead atoms. The standard InChI is InChI=1S/C13H13F3N4O.C12H11F3N2O3.C10H12N2O2.C10H11NO3.C8H9NO2.C7H7NO.C6H5NO2.C4H5F3O2.C4H8O2.C2H6O.CH6N2.2CH3O.Cl2OS.2Na/c1-19(2)12(21)9-6-4-5-8(17-9)10-7-11(13(14,15)16)18-20(10)3;1-17(2)11(20)8-5-3-4-7(16-8)9(18)6-10(19)12(13,14)15;1-7(13)8-5-4-6-9(11-8)10(14)12(2)3;1-2-14-10(13)7-9(12)8-5-3-4-6-11-8;1-2-11-8(10)7-5-3-4-6-9-7;1-6(9)7-4-2-3-5-8-7;8-6(9)5-3-1-2-4-7-5;1-2-9-3(8)4(5,6)7;1-3-6-4(2)5;1-2-3;1-3-2;2*1-2;1-4(2)3;;/h4-7H,1-3H3;3-5H,6H2,1-2H3;4-6H,1-3H3;3-6H,2,7H2,1H3;3-6H,2H2,1H3;2-5H,1H3;1-4H,(H,8,9);2H2,1H3;3H2,1-2H3;2*3H,2H2,1H3;2*1H3;;;/q;;;;;;;;;;;2*-1;;2*+1. The minimum atomic E-state index is -5.06. The zero-order valence-corrected chi connectivity index (χ0v) is 80.4. The molecule has 129 heavy (non-hydrogen) atoms. The molecule has 8 aromatic heterocycles. The first-order valence-corrected chi connectivity index (χ1v) is 38.6. The van der Waals surface area contributed by atoms with E-state index in [2.05, 4.69) is 86.8 Å². The van der Waals surface area contributed by atoms with Crippen LogP contribution in [-0.2, 0) is 60.6 Å². The van der Waals surface area contributed by atoms with Crippen molar-refractivity contribution in [1.82, 2.24) is 64.8 Å². The van der Waals surface area contributed by atoms with Crippen LogP contribution >= 0.6 is 21.4 Å². The van der Waals surface area contributed by atoms with Gasteiger partial charge in [0.2, 0.25) is 15.0 Å². The number of hydrazine groups is 1. The molecule has 0 aliphatic rings. The minimum absolute atomic E-state index is 0. The number of ketones is 5. The average Bonchev–Trinajstić information content (AvgIpc) is 1.66. The van der Waals surface area contributed by atoms with E-state index < -0.39 is 75.3 Å². The van der Waals surface area contributed by atoms with Gasteiger partial charge in [-0.25, -0.2) is 43.5 Å². The summed E-state index contributed by atoms with van der Waals surface area (Å²) in [5.41, 5.74) is 3.29. The van der Waals surface area contributed by atoms with E-state index in [1.165, 1.54) is 106 Å². The van der Waals surface area contributed by atoms with E-state index in [0.29, 0.717) is 41.7 Å². The Kier molecular flexibility index (Phi) is 80.1. The molecule has 0 saturated heterocycles. The Bertz CT molecular complexity index is 4550. The van der Waals surface area contributed by atoms with Crippen molar-refractivity contribution in [2.75, 3.05) is 96.6 Å². The topological polar surface area (TPSA) is 518 Å². The van der Waals surface area contributed by atoms with Gasteiger partial charge in [0.25, 0.3) is 17.7 Å². The van der Waals surface area contributed by atoms with Gasteiger partial charge in [0.05, 0.1) is 44.2 Å². The maximum atomic E-state index is 12.7. The number of carboxylic acids is 1. The molecule has 8 rings (SSSR count). The van der Waals surface area contributed by atoms with Crippen molar-refractivity contribution in [2.24, 2.45) is 12.9 Å². The van der Waals surface area contributed by atoms with Crippen molar-refractivity contribution in [1.29, 1.82) is 0 Å². The fourth-order valence-corrected chi connectivity index (χ4v) is 7.15. The minimum Gasteiger partial charge on any atom is -0.857 e. The molecule has 0 radical (unpaired) electrons. The average molecular weight is 1920 g/mol. The van der Waals surface area contributed by atoms with Crippen LogP contribution < -0.4 is 80.6 Å². The summed E-state index contributed by atoms with van der Waals surface area (Å²) in [5, 5.41) is 35.8. The molecule has 3 amide bonds. The number of hydrogen-bond donors (Lipinski definition) is 4. The molecular weight excluding hydrogens is 1820 g/mol. The quantitative estimate of drug-likeness (QED) is 0.0110. The molecule has 0 fully saturated rings. The number of aromatic nitrogens is 9. The molecular formula is C79H99Cl2F9N14Na2O22S. The summed E-state index contributed by atoms with van der Waals surface area (Å²) < 4.78 is 135. The van der Waals surface area contributed by atoms with Crippen LogP contribution in [0, 0.1) is 0 Å². The normalized spacial score (nSPS) is 9.47. The van der Waals surface area contributed by atoms with Gasteiger partial charge >= 0.3 is 107 Å². The molecule has 0 aliphatic carbocycles. The first kappa shape index (κ1) is 134. The van der Waals surface area contributed by atoms with Crippen LogP contribution in [0.15, 0.2) is 158 Å². The van der Waals surface area contributed by atoms with E-state index in [4.69, 9.17) is 29.4 Å². The monoisotopic (exact) mass is 1910 g/mol. The van der Waals surface area contributed by atoms with Gasteiger partial charge in [-0.05, 0) is 133 Å². The predicted molar refractivity (Wildman–Crippen MR) is 442 cm³/mol. The number of carbonyl (C=O) groups is 13. The molecule has 0 aromatic carbocycles. The molecule has 8 aromatic rings. The van der Waals surface area contributed by atoms with Gasteiger partial charge in [-0.2, -0.15) is 58.8 Å². The second kappa shape index (κ2) is 77.2. The number of Topliss-reactive ketones (excluding diaryl/α,β-unsaturated/α-hetero) is 5. The summed E-state index contributed by atoms with van der Waals surface area (Å²) in [6.45, 7) is 13.7. The summed E-state index contributed by atoms with van der Waals surface area (Å²) in [7, 11) is 21.3. The number of carboxylic acid groups (broad SMARTS) is 1. The number of esters is 4. The Balaban J connectivity index is -0.000000212. The van der Waals surface area contributed by atoms with E-state index in [9.17, 15) is 102 Å². The van der Waals surface area contributed by atoms with Gasteiger partial charge in [0, 0.05) is 123 Å². The Labute approximate surface area is 793 Å². The van der Waals surface area contributed by atoms with E-state index in [-0.39, 0.29) is 161 Å². The summed E-state index contributed by atoms with van der Waals surface area (Å²) in [5.74, 6) is -4.31. The number of aryl methyl sites for hydroxylation is 1. The molecule has 36 nitrogen and oxygen atoms in total. The molecule has 50 heteroatoms. The number of ether oxygens (including phenoxy) is 4. The van der Waals surface area contributed by atoms with E-state index in [1.807, 2.05) is 0 Å². The van der Waals surface area contributed by atoms with Gasteiger partial charge in [-0.1, -0.05) is 42.5 Å². The predicted octanol–water partition coefficient (Wildman–Crippen LogP) is 2.98. The van der Waals surface area contributed by atoms with Gasteiger partial charge in [0.1, 0.15) is 57.7 Å². The third kappa shape index (κ3) is 66.3. The van der Waals surface area contributed by atoms with Gasteiger partial charge < -0.3 is 54.1 Å². The summed E-state index contributed by atoms with van der Waals surface area (Å²) in [4.78, 5) is 172.